The number of hydrogen-bond donors (Lipinski definition) is 1. The molecular formula is C16H34N2O3. The third kappa shape index (κ3) is 8.73. The van der Waals surface area contributed by atoms with Gasteiger partial charge in [-0.05, 0) is 31.3 Å². The van der Waals surface area contributed by atoms with E-state index < -0.39 is 0 Å². The van der Waals surface area contributed by atoms with Crippen LogP contribution in [0.4, 0.5) is 0 Å². The van der Waals surface area contributed by atoms with Crippen LogP contribution in [0.5, 0.6) is 0 Å². The van der Waals surface area contributed by atoms with Crippen LogP contribution in [0.15, 0.2) is 0 Å². The van der Waals surface area contributed by atoms with Crippen molar-refractivity contribution in [2.75, 3.05) is 65.8 Å². The molecule has 0 amide bonds. The highest BCUT2D eigenvalue weighted by Crippen LogP contribution is 2.27. The maximum Gasteiger partial charge on any atom is 0.0701 e. The van der Waals surface area contributed by atoms with Crippen LogP contribution in [0, 0.1) is 5.41 Å². The first-order chi connectivity index (χ1) is 10.2. The van der Waals surface area contributed by atoms with E-state index in [1.54, 1.807) is 0 Å². The molecule has 126 valence electrons. The Labute approximate surface area is 130 Å². The number of likely N-dealkylation sites (tertiary alicyclic amines) is 1. The van der Waals surface area contributed by atoms with Gasteiger partial charge in [0, 0.05) is 19.7 Å². The summed E-state index contributed by atoms with van der Waals surface area (Å²) < 4.78 is 16.5. The highest BCUT2D eigenvalue weighted by Gasteiger charge is 2.31. The molecule has 1 fully saturated rings. The van der Waals surface area contributed by atoms with E-state index in [-0.39, 0.29) is 0 Å². The summed E-state index contributed by atoms with van der Waals surface area (Å²) in [5.74, 6) is 0. The fourth-order valence-electron chi connectivity index (χ4n) is 2.47. The lowest BCUT2D eigenvalue weighted by Crippen LogP contribution is -2.32. The summed E-state index contributed by atoms with van der Waals surface area (Å²) >= 11 is 0. The van der Waals surface area contributed by atoms with Crippen LogP contribution in [0.2, 0.25) is 0 Å². The van der Waals surface area contributed by atoms with Gasteiger partial charge in [-0.1, -0.05) is 20.3 Å². The molecule has 5 heteroatoms. The normalized spacial score (nSPS) is 23.0. The highest BCUT2D eigenvalue weighted by atomic mass is 16.5. The molecule has 0 radical (unpaired) electrons. The maximum atomic E-state index is 5.81. The van der Waals surface area contributed by atoms with Gasteiger partial charge in [-0.2, -0.15) is 0 Å². The quantitative estimate of drug-likeness (QED) is 0.523. The van der Waals surface area contributed by atoms with Crippen molar-refractivity contribution in [1.82, 2.24) is 4.90 Å². The van der Waals surface area contributed by atoms with Gasteiger partial charge in [0.2, 0.25) is 0 Å². The number of nitrogens with zero attached hydrogens (tertiary/aromatic N) is 1. The number of ether oxygens (including phenoxy) is 3. The molecule has 0 aliphatic carbocycles. The van der Waals surface area contributed by atoms with Crippen LogP contribution < -0.4 is 5.73 Å². The monoisotopic (exact) mass is 302 g/mol. The van der Waals surface area contributed by atoms with Gasteiger partial charge in [0.25, 0.3) is 0 Å². The number of nitrogens with two attached hydrogens (primary N) is 1. The Morgan fingerprint density at radius 3 is 2.19 bits per heavy atom. The molecule has 5 nitrogen and oxygen atoms in total. The van der Waals surface area contributed by atoms with Crippen molar-refractivity contribution in [3.05, 3.63) is 0 Å². The van der Waals surface area contributed by atoms with Gasteiger partial charge in [-0.3, -0.25) is 0 Å². The first-order valence-corrected chi connectivity index (χ1v) is 8.36. The molecule has 0 bridgehead atoms. The van der Waals surface area contributed by atoms with Crippen molar-refractivity contribution in [2.24, 2.45) is 11.1 Å². The van der Waals surface area contributed by atoms with Gasteiger partial charge in [0.1, 0.15) is 0 Å². The van der Waals surface area contributed by atoms with Crippen LogP contribution in [-0.4, -0.2) is 70.7 Å². The number of hydrogen-bond acceptors (Lipinski definition) is 5. The van der Waals surface area contributed by atoms with Gasteiger partial charge in [0.15, 0.2) is 0 Å². The van der Waals surface area contributed by atoms with Gasteiger partial charge >= 0.3 is 0 Å². The van der Waals surface area contributed by atoms with Crippen molar-refractivity contribution in [3.8, 4) is 0 Å². The first-order valence-electron chi connectivity index (χ1n) is 8.36. The second kappa shape index (κ2) is 11.4. The molecule has 1 aliphatic heterocycles. The highest BCUT2D eigenvalue weighted by molar-refractivity contribution is 4.86. The molecule has 1 rings (SSSR count). The van der Waals surface area contributed by atoms with Crippen LogP contribution in [0.25, 0.3) is 0 Å². The number of rotatable bonds is 13. The van der Waals surface area contributed by atoms with Crippen molar-refractivity contribution in [2.45, 2.75) is 33.1 Å². The van der Waals surface area contributed by atoms with Gasteiger partial charge in [-0.25, -0.2) is 0 Å². The summed E-state index contributed by atoms with van der Waals surface area (Å²) in [6.45, 7) is 12.7. The molecule has 0 saturated carbocycles. The largest absolute Gasteiger partial charge is 0.379 e. The molecule has 0 spiro atoms. The topological polar surface area (TPSA) is 57.0 Å². The van der Waals surface area contributed by atoms with Crippen molar-refractivity contribution >= 4 is 0 Å². The molecule has 1 atom stereocenters. The van der Waals surface area contributed by atoms with E-state index in [4.69, 9.17) is 19.9 Å². The molecule has 0 aromatic heterocycles. The second-order valence-corrected chi connectivity index (χ2v) is 6.23. The Hall–Kier alpha value is -0.200. The zero-order valence-corrected chi connectivity index (χ0v) is 13.9. The van der Waals surface area contributed by atoms with Gasteiger partial charge in [0.05, 0.1) is 33.0 Å². The van der Waals surface area contributed by atoms with Crippen LogP contribution in [-0.2, 0) is 14.2 Å². The summed E-state index contributed by atoms with van der Waals surface area (Å²) in [7, 11) is 0. The fraction of sp³-hybridized carbons (Fsp3) is 1.00. The summed E-state index contributed by atoms with van der Waals surface area (Å²) in [4.78, 5) is 2.44. The lowest BCUT2D eigenvalue weighted by Gasteiger charge is -2.22. The Bertz CT molecular complexity index is 254. The zero-order chi connectivity index (χ0) is 15.4. The van der Waals surface area contributed by atoms with Gasteiger partial charge in [-0.15, -0.1) is 0 Å². The Kier molecular flexibility index (Phi) is 10.2. The summed E-state index contributed by atoms with van der Waals surface area (Å²) in [5.41, 5.74) is 6.11. The van der Waals surface area contributed by atoms with E-state index in [1.165, 1.54) is 12.8 Å². The molecule has 1 unspecified atom stereocenters. The molecule has 21 heavy (non-hydrogen) atoms. The lowest BCUT2D eigenvalue weighted by molar-refractivity contribution is 0.0107. The van der Waals surface area contributed by atoms with Crippen LogP contribution in [0.3, 0.4) is 0 Å². The van der Waals surface area contributed by atoms with E-state index in [1.807, 2.05) is 0 Å². The maximum absolute atomic E-state index is 5.81. The Morgan fingerprint density at radius 2 is 1.62 bits per heavy atom. The van der Waals surface area contributed by atoms with E-state index in [0.717, 1.165) is 45.8 Å². The van der Waals surface area contributed by atoms with Crippen molar-refractivity contribution < 1.29 is 14.2 Å². The predicted molar refractivity (Wildman–Crippen MR) is 85.6 cm³/mol. The van der Waals surface area contributed by atoms with E-state index in [0.29, 0.717) is 31.8 Å². The molecule has 1 saturated heterocycles. The smallest absolute Gasteiger partial charge is 0.0701 e. The zero-order valence-electron chi connectivity index (χ0n) is 13.9. The minimum atomic E-state index is 0.306. The van der Waals surface area contributed by atoms with Crippen molar-refractivity contribution in [1.29, 1.82) is 0 Å². The molecular weight excluding hydrogens is 268 g/mol. The molecule has 1 aliphatic rings. The summed E-state index contributed by atoms with van der Waals surface area (Å²) in [5, 5.41) is 0. The SMILES string of the molecule is CCCCOCCOCCOCCN1CCC(C)(CN)C1. The van der Waals surface area contributed by atoms with Crippen molar-refractivity contribution in [3.63, 3.8) is 0 Å². The Morgan fingerprint density at radius 1 is 1.00 bits per heavy atom. The summed E-state index contributed by atoms with van der Waals surface area (Å²) in [6, 6.07) is 0. The fourth-order valence-corrected chi connectivity index (χ4v) is 2.47. The molecule has 0 aromatic rings. The predicted octanol–water partition coefficient (Wildman–Crippen LogP) is 1.51. The van der Waals surface area contributed by atoms with E-state index >= 15 is 0 Å². The third-order valence-corrected chi connectivity index (χ3v) is 4.07. The second-order valence-electron chi connectivity index (χ2n) is 6.23. The van der Waals surface area contributed by atoms with E-state index in [9.17, 15) is 0 Å². The number of unbranched alkanes of at least 4 members (excludes halogenated alkanes) is 1. The molecule has 0 aromatic carbocycles. The summed E-state index contributed by atoms with van der Waals surface area (Å²) in [6.07, 6.45) is 3.50. The van der Waals surface area contributed by atoms with Crippen LogP contribution >= 0.6 is 0 Å². The Balaban J connectivity index is 1.81. The first kappa shape index (κ1) is 18.8. The lowest BCUT2D eigenvalue weighted by atomic mass is 9.90. The molecule has 1 heterocycles. The minimum Gasteiger partial charge on any atom is -0.379 e. The van der Waals surface area contributed by atoms with E-state index in [2.05, 4.69) is 18.7 Å². The van der Waals surface area contributed by atoms with Crippen LogP contribution in [0.1, 0.15) is 33.1 Å². The average molecular weight is 302 g/mol. The average Bonchev–Trinajstić information content (AvgIpc) is 2.87. The molecule has 2 N–H and O–H groups in total. The van der Waals surface area contributed by atoms with Gasteiger partial charge < -0.3 is 24.8 Å². The third-order valence-electron chi connectivity index (χ3n) is 4.07. The standard InChI is InChI=1S/C16H34N2O3/c1-3-4-8-19-10-12-21-13-11-20-9-7-18-6-5-16(2,14-17)15-18/h3-15,17H2,1-2H3. The minimum absolute atomic E-state index is 0.306.